The molecule has 1 aliphatic rings. The lowest BCUT2D eigenvalue weighted by atomic mass is 9.91. The Labute approximate surface area is 124 Å². The fraction of sp³-hybridized carbons (Fsp3) is 0.600. The van der Waals surface area contributed by atoms with Gasteiger partial charge in [0.2, 0.25) is 0 Å². The standard InChI is InChI=1S/C15H22N4O2/c1-18(11-13-6-9-21-17-13)10-12-4-3-8-20-15(12)14-5-7-16-19(14)2/h5-7,9,12,15H,3-4,8,10-11H2,1-2H3/t12-,15+/m0/s1. The molecule has 0 radical (unpaired) electrons. The summed E-state index contributed by atoms with van der Waals surface area (Å²) in [6.45, 7) is 2.60. The van der Waals surface area contributed by atoms with E-state index in [1.807, 2.05) is 24.0 Å². The highest BCUT2D eigenvalue weighted by Crippen LogP contribution is 2.33. The number of ether oxygens (including phenoxy) is 1. The summed E-state index contributed by atoms with van der Waals surface area (Å²) in [5.74, 6) is 0.478. The summed E-state index contributed by atoms with van der Waals surface area (Å²) in [6, 6.07) is 3.97. The summed E-state index contributed by atoms with van der Waals surface area (Å²) < 4.78 is 12.8. The number of hydrogen-bond acceptors (Lipinski definition) is 5. The molecule has 0 aromatic carbocycles. The zero-order chi connectivity index (χ0) is 14.7. The van der Waals surface area contributed by atoms with Gasteiger partial charge in [0.25, 0.3) is 0 Å². The van der Waals surface area contributed by atoms with E-state index in [2.05, 4.69) is 28.3 Å². The molecule has 0 aliphatic carbocycles. The van der Waals surface area contributed by atoms with Crippen molar-refractivity contribution in [1.29, 1.82) is 0 Å². The van der Waals surface area contributed by atoms with Gasteiger partial charge in [0.1, 0.15) is 12.4 Å². The average Bonchev–Trinajstić information content (AvgIpc) is 3.11. The molecular formula is C15H22N4O2. The molecule has 6 heteroatoms. The number of hydrogen-bond donors (Lipinski definition) is 0. The second kappa shape index (κ2) is 6.41. The van der Waals surface area contributed by atoms with Crippen LogP contribution < -0.4 is 0 Å². The summed E-state index contributed by atoms with van der Waals surface area (Å²) in [5.41, 5.74) is 2.13. The summed E-state index contributed by atoms with van der Waals surface area (Å²) in [6.07, 6.45) is 5.89. The highest BCUT2D eigenvalue weighted by molar-refractivity contribution is 5.07. The quantitative estimate of drug-likeness (QED) is 0.843. The number of aryl methyl sites for hydroxylation is 1. The van der Waals surface area contributed by atoms with Gasteiger partial charge >= 0.3 is 0 Å². The average molecular weight is 290 g/mol. The first kappa shape index (κ1) is 14.3. The fourth-order valence-corrected chi connectivity index (χ4v) is 3.08. The van der Waals surface area contributed by atoms with Crippen LogP contribution in [0.15, 0.2) is 29.1 Å². The van der Waals surface area contributed by atoms with Crippen LogP contribution in [0.2, 0.25) is 0 Å². The highest BCUT2D eigenvalue weighted by atomic mass is 16.5. The third kappa shape index (κ3) is 3.33. The lowest BCUT2D eigenvalue weighted by molar-refractivity contribution is -0.0419. The minimum absolute atomic E-state index is 0.131. The highest BCUT2D eigenvalue weighted by Gasteiger charge is 2.30. The van der Waals surface area contributed by atoms with Gasteiger partial charge in [-0.1, -0.05) is 5.16 Å². The van der Waals surface area contributed by atoms with E-state index >= 15 is 0 Å². The lowest BCUT2D eigenvalue weighted by Crippen LogP contribution is -2.33. The third-order valence-electron chi connectivity index (χ3n) is 4.06. The Bertz CT molecular complexity index is 552. The first-order chi connectivity index (χ1) is 10.2. The van der Waals surface area contributed by atoms with Crippen LogP contribution >= 0.6 is 0 Å². The Morgan fingerprint density at radius 2 is 2.33 bits per heavy atom. The van der Waals surface area contributed by atoms with Gasteiger partial charge in [-0.15, -0.1) is 0 Å². The second-order valence-electron chi connectivity index (χ2n) is 5.76. The Balaban J connectivity index is 1.65. The van der Waals surface area contributed by atoms with Gasteiger partial charge in [0.15, 0.2) is 0 Å². The van der Waals surface area contributed by atoms with Gasteiger partial charge in [-0.25, -0.2) is 0 Å². The molecule has 0 spiro atoms. The molecule has 0 saturated carbocycles. The predicted octanol–water partition coefficient (Wildman–Crippen LogP) is 2.01. The molecule has 2 aromatic rings. The zero-order valence-electron chi connectivity index (χ0n) is 12.6. The second-order valence-corrected chi connectivity index (χ2v) is 5.76. The number of rotatable bonds is 5. The van der Waals surface area contributed by atoms with E-state index in [0.717, 1.165) is 37.5 Å². The number of aromatic nitrogens is 3. The van der Waals surface area contributed by atoms with Crippen LogP contribution in [0, 0.1) is 5.92 Å². The minimum atomic E-state index is 0.131. The van der Waals surface area contributed by atoms with E-state index < -0.39 is 0 Å². The van der Waals surface area contributed by atoms with Gasteiger partial charge in [0, 0.05) is 44.9 Å². The van der Waals surface area contributed by atoms with Crippen molar-refractivity contribution in [2.45, 2.75) is 25.5 Å². The van der Waals surface area contributed by atoms with Crippen molar-refractivity contribution in [3.63, 3.8) is 0 Å². The maximum Gasteiger partial charge on any atom is 0.124 e. The van der Waals surface area contributed by atoms with Crippen LogP contribution in [0.3, 0.4) is 0 Å². The number of nitrogens with zero attached hydrogens (tertiary/aromatic N) is 4. The van der Waals surface area contributed by atoms with Crippen molar-refractivity contribution >= 4 is 0 Å². The van der Waals surface area contributed by atoms with E-state index in [1.165, 1.54) is 6.42 Å². The summed E-state index contributed by atoms with van der Waals surface area (Å²) in [5, 5.41) is 8.24. The first-order valence-electron chi connectivity index (χ1n) is 7.41. The van der Waals surface area contributed by atoms with Crippen molar-refractivity contribution in [2.24, 2.45) is 13.0 Å². The van der Waals surface area contributed by atoms with E-state index in [9.17, 15) is 0 Å². The van der Waals surface area contributed by atoms with Crippen molar-refractivity contribution < 1.29 is 9.26 Å². The molecule has 6 nitrogen and oxygen atoms in total. The van der Waals surface area contributed by atoms with Gasteiger partial charge in [-0.05, 0) is 26.0 Å². The largest absolute Gasteiger partial charge is 0.372 e. The maximum atomic E-state index is 6.03. The molecule has 0 amide bonds. The Hall–Kier alpha value is -1.66. The Morgan fingerprint density at radius 3 is 3.05 bits per heavy atom. The van der Waals surface area contributed by atoms with Crippen molar-refractivity contribution in [3.05, 3.63) is 36.0 Å². The van der Waals surface area contributed by atoms with Crippen LogP contribution in [-0.2, 0) is 18.3 Å². The topological polar surface area (TPSA) is 56.3 Å². The monoisotopic (exact) mass is 290 g/mol. The molecule has 21 heavy (non-hydrogen) atoms. The molecule has 1 fully saturated rings. The van der Waals surface area contributed by atoms with Crippen molar-refractivity contribution in [3.8, 4) is 0 Å². The molecule has 3 heterocycles. The van der Waals surface area contributed by atoms with Gasteiger partial charge in [-0.2, -0.15) is 5.10 Å². The van der Waals surface area contributed by atoms with E-state index in [1.54, 1.807) is 6.26 Å². The fourth-order valence-electron chi connectivity index (χ4n) is 3.08. The molecular weight excluding hydrogens is 268 g/mol. The Kier molecular flexibility index (Phi) is 4.36. The molecule has 114 valence electrons. The third-order valence-corrected chi connectivity index (χ3v) is 4.06. The van der Waals surface area contributed by atoms with Crippen LogP contribution in [-0.4, -0.2) is 40.0 Å². The van der Waals surface area contributed by atoms with Crippen LogP contribution in [0.5, 0.6) is 0 Å². The van der Waals surface area contributed by atoms with Gasteiger partial charge < -0.3 is 14.2 Å². The zero-order valence-corrected chi connectivity index (χ0v) is 12.6. The molecule has 1 aliphatic heterocycles. The molecule has 0 N–H and O–H groups in total. The SMILES string of the molecule is CN(Cc1ccon1)C[C@@H]1CCCO[C@H]1c1ccnn1C. The molecule has 0 bridgehead atoms. The Morgan fingerprint density at radius 1 is 1.43 bits per heavy atom. The van der Waals surface area contributed by atoms with E-state index in [0.29, 0.717) is 5.92 Å². The van der Waals surface area contributed by atoms with E-state index in [-0.39, 0.29) is 6.10 Å². The normalized spacial score (nSPS) is 22.8. The van der Waals surface area contributed by atoms with Gasteiger partial charge in [-0.3, -0.25) is 4.68 Å². The van der Waals surface area contributed by atoms with Crippen molar-refractivity contribution in [2.75, 3.05) is 20.2 Å². The maximum absolute atomic E-state index is 6.03. The molecule has 0 unspecified atom stereocenters. The van der Waals surface area contributed by atoms with Crippen LogP contribution in [0.1, 0.15) is 30.3 Å². The lowest BCUT2D eigenvalue weighted by Gasteiger charge is -2.34. The minimum Gasteiger partial charge on any atom is -0.372 e. The summed E-state index contributed by atoms with van der Waals surface area (Å²) >= 11 is 0. The molecule has 3 rings (SSSR count). The smallest absolute Gasteiger partial charge is 0.124 e. The molecule has 1 saturated heterocycles. The first-order valence-corrected chi connectivity index (χ1v) is 7.41. The molecule has 2 aromatic heterocycles. The van der Waals surface area contributed by atoms with E-state index in [4.69, 9.17) is 9.26 Å². The van der Waals surface area contributed by atoms with Crippen molar-refractivity contribution in [1.82, 2.24) is 19.8 Å². The predicted molar refractivity (Wildman–Crippen MR) is 77.5 cm³/mol. The van der Waals surface area contributed by atoms with Crippen LogP contribution in [0.4, 0.5) is 0 Å². The van der Waals surface area contributed by atoms with Crippen LogP contribution in [0.25, 0.3) is 0 Å². The summed E-state index contributed by atoms with van der Waals surface area (Å²) in [4.78, 5) is 2.28. The summed E-state index contributed by atoms with van der Waals surface area (Å²) in [7, 11) is 4.09. The van der Waals surface area contributed by atoms with Gasteiger partial charge in [0.05, 0.1) is 11.4 Å². The molecule has 2 atom stereocenters.